The van der Waals surface area contributed by atoms with E-state index in [-0.39, 0.29) is 10.7 Å². The van der Waals surface area contributed by atoms with Crippen molar-refractivity contribution in [3.63, 3.8) is 0 Å². The van der Waals surface area contributed by atoms with E-state index >= 15 is 0 Å². The summed E-state index contributed by atoms with van der Waals surface area (Å²) in [5.41, 5.74) is 5.53. The van der Waals surface area contributed by atoms with E-state index in [1.807, 2.05) is 6.92 Å². The molecule has 3 nitrogen and oxygen atoms in total. The molecule has 1 fully saturated rings. The van der Waals surface area contributed by atoms with Gasteiger partial charge in [-0.3, -0.25) is 4.79 Å². The van der Waals surface area contributed by atoms with Gasteiger partial charge in [0.05, 0.1) is 16.3 Å². The van der Waals surface area contributed by atoms with Crippen LogP contribution in [0.1, 0.15) is 33.1 Å². The molecule has 1 amide bonds. The van der Waals surface area contributed by atoms with Crippen molar-refractivity contribution in [3.05, 3.63) is 0 Å². The minimum Gasteiger partial charge on any atom is -0.392 e. The number of nitrogens with zero attached hydrogens (tertiary/aromatic N) is 1. The molecule has 1 aliphatic heterocycles. The van der Waals surface area contributed by atoms with Crippen molar-refractivity contribution in [2.45, 2.75) is 37.9 Å². The minimum atomic E-state index is -0.250. The first-order chi connectivity index (χ1) is 7.49. The van der Waals surface area contributed by atoms with E-state index < -0.39 is 0 Å². The maximum absolute atomic E-state index is 12.4. The van der Waals surface area contributed by atoms with Crippen LogP contribution in [-0.4, -0.2) is 39.4 Å². The maximum atomic E-state index is 12.4. The van der Waals surface area contributed by atoms with Gasteiger partial charge in [0.2, 0.25) is 5.91 Å². The number of hydrogen-bond acceptors (Lipinski definition) is 3. The van der Waals surface area contributed by atoms with Gasteiger partial charge in [0.1, 0.15) is 0 Å². The Balaban J connectivity index is 2.69. The number of amides is 1. The largest absolute Gasteiger partial charge is 0.392 e. The van der Waals surface area contributed by atoms with Crippen LogP contribution in [0.2, 0.25) is 0 Å². The number of nitrogens with two attached hydrogens (primary N) is 1. The van der Waals surface area contributed by atoms with Gasteiger partial charge in [0.15, 0.2) is 0 Å². The lowest BCUT2D eigenvalue weighted by Crippen LogP contribution is -2.47. The van der Waals surface area contributed by atoms with Crippen LogP contribution < -0.4 is 5.73 Å². The maximum Gasteiger partial charge on any atom is 0.238 e. The molecule has 0 saturated carbocycles. The highest BCUT2D eigenvalue weighted by Gasteiger charge is 2.39. The van der Waals surface area contributed by atoms with Gasteiger partial charge in [-0.1, -0.05) is 19.1 Å². The summed E-state index contributed by atoms with van der Waals surface area (Å²) in [5, 5.41) is 0. The van der Waals surface area contributed by atoms with Crippen LogP contribution in [0.25, 0.3) is 0 Å². The average Bonchev–Trinajstić information content (AvgIpc) is 2.64. The molecule has 5 heteroatoms. The summed E-state index contributed by atoms with van der Waals surface area (Å²) >= 11 is 6.65. The fourth-order valence-corrected chi connectivity index (χ4v) is 3.43. The molecule has 1 heterocycles. The summed E-state index contributed by atoms with van der Waals surface area (Å²) in [6.07, 6.45) is 3.03. The molecule has 1 rings (SSSR count). The molecule has 92 valence electrons. The van der Waals surface area contributed by atoms with Crippen molar-refractivity contribution < 1.29 is 4.79 Å². The highest BCUT2D eigenvalue weighted by Crippen LogP contribution is 2.39. The smallest absolute Gasteiger partial charge is 0.238 e. The molecule has 1 atom stereocenters. The molecule has 0 spiro atoms. The van der Waals surface area contributed by atoms with E-state index in [0.717, 1.165) is 31.6 Å². The summed E-state index contributed by atoms with van der Waals surface area (Å²) in [5.74, 6) is 1.28. The van der Waals surface area contributed by atoms with Gasteiger partial charge in [-0.2, -0.15) is 0 Å². The molecule has 0 aromatic carbocycles. The van der Waals surface area contributed by atoms with E-state index in [9.17, 15) is 4.79 Å². The normalized spacial score (nSPS) is 24.4. The second kappa shape index (κ2) is 5.87. The Bertz CT molecular complexity index is 275. The zero-order chi connectivity index (χ0) is 12.2. The highest BCUT2D eigenvalue weighted by atomic mass is 32.2. The van der Waals surface area contributed by atoms with Crippen molar-refractivity contribution in [2.24, 2.45) is 5.73 Å². The zero-order valence-electron chi connectivity index (χ0n) is 9.99. The van der Waals surface area contributed by atoms with E-state index in [0.29, 0.717) is 11.5 Å². The Morgan fingerprint density at radius 1 is 1.62 bits per heavy atom. The van der Waals surface area contributed by atoms with Crippen LogP contribution >= 0.6 is 24.0 Å². The molecule has 2 N–H and O–H groups in total. The number of thioether (sulfide) groups is 1. The Kier molecular flexibility index (Phi) is 5.05. The fraction of sp³-hybridized carbons (Fsp3) is 0.818. The quantitative estimate of drug-likeness (QED) is 0.766. The van der Waals surface area contributed by atoms with Gasteiger partial charge in [0.25, 0.3) is 0 Å². The SMILES string of the molecule is CCCN(CC(N)=S)C(=O)C1(C)CCCS1. The molecule has 0 aromatic rings. The van der Waals surface area contributed by atoms with Crippen LogP contribution in [0.5, 0.6) is 0 Å². The summed E-state index contributed by atoms with van der Waals surface area (Å²) in [6.45, 7) is 5.25. The topological polar surface area (TPSA) is 46.3 Å². The Morgan fingerprint density at radius 2 is 2.31 bits per heavy atom. The van der Waals surface area contributed by atoms with Gasteiger partial charge in [-0.05, 0) is 31.9 Å². The van der Waals surface area contributed by atoms with Crippen LogP contribution in [0.15, 0.2) is 0 Å². The van der Waals surface area contributed by atoms with Crippen LogP contribution in [0, 0.1) is 0 Å². The third-order valence-electron chi connectivity index (χ3n) is 2.80. The molecule has 1 saturated heterocycles. The minimum absolute atomic E-state index is 0.199. The van der Waals surface area contributed by atoms with Gasteiger partial charge in [-0.15, -0.1) is 11.8 Å². The summed E-state index contributed by atoms with van der Waals surface area (Å²) in [4.78, 5) is 14.6. The molecule has 0 aromatic heterocycles. The van der Waals surface area contributed by atoms with Crippen molar-refractivity contribution in [1.29, 1.82) is 0 Å². The summed E-state index contributed by atoms with van der Waals surface area (Å²) < 4.78 is -0.250. The predicted molar refractivity (Wildman–Crippen MR) is 73.8 cm³/mol. The molecule has 0 aliphatic carbocycles. The van der Waals surface area contributed by atoms with Gasteiger partial charge in [-0.25, -0.2) is 0 Å². The van der Waals surface area contributed by atoms with E-state index in [1.54, 1.807) is 16.7 Å². The summed E-state index contributed by atoms with van der Waals surface area (Å²) in [6, 6.07) is 0. The van der Waals surface area contributed by atoms with Gasteiger partial charge in [0, 0.05) is 6.54 Å². The molecule has 16 heavy (non-hydrogen) atoms. The van der Waals surface area contributed by atoms with E-state index in [2.05, 4.69) is 6.92 Å². The molecule has 1 aliphatic rings. The molecule has 0 radical (unpaired) electrons. The molecular formula is C11H20N2OS2. The van der Waals surface area contributed by atoms with E-state index in [1.165, 1.54) is 0 Å². The second-order valence-electron chi connectivity index (χ2n) is 4.38. The van der Waals surface area contributed by atoms with Crippen molar-refractivity contribution >= 4 is 34.9 Å². The second-order valence-corrected chi connectivity index (χ2v) is 6.50. The number of rotatable bonds is 5. The molecule has 0 bridgehead atoms. The number of thiocarbonyl (C=S) groups is 1. The lowest BCUT2D eigenvalue weighted by Gasteiger charge is -2.30. The Labute approximate surface area is 107 Å². The number of carbonyl (C=O) groups is 1. The Hall–Kier alpha value is -0.290. The predicted octanol–water partition coefficient (Wildman–Crippen LogP) is 1.80. The van der Waals surface area contributed by atoms with Crippen molar-refractivity contribution in [3.8, 4) is 0 Å². The summed E-state index contributed by atoms with van der Waals surface area (Å²) in [7, 11) is 0. The highest BCUT2D eigenvalue weighted by molar-refractivity contribution is 8.01. The molecular weight excluding hydrogens is 240 g/mol. The third-order valence-corrected chi connectivity index (χ3v) is 4.44. The average molecular weight is 260 g/mol. The first-order valence-corrected chi connectivity index (χ1v) is 7.10. The number of hydrogen-bond donors (Lipinski definition) is 1. The lowest BCUT2D eigenvalue weighted by atomic mass is 10.0. The van der Waals surface area contributed by atoms with E-state index in [4.69, 9.17) is 18.0 Å². The van der Waals surface area contributed by atoms with Gasteiger partial charge >= 0.3 is 0 Å². The fourth-order valence-electron chi connectivity index (χ4n) is 1.99. The molecule has 1 unspecified atom stereocenters. The first kappa shape index (κ1) is 13.8. The Morgan fingerprint density at radius 3 is 2.75 bits per heavy atom. The monoisotopic (exact) mass is 260 g/mol. The zero-order valence-corrected chi connectivity index (χ0v) is 11.6. The first-order valence-electron chi connectivity index (χ1n) is 5.71. The number of carbonyl (C=O) groups excluding carboxylic acids is 1. The van der Waals surface area contributed by atoms with Crippen LogP contribution in [0.4, 0.5) is 0 Å². The standard InChI is InChI=1S/C11H20N2OS2/c1-3-6-13(8-9(12)15)10(14)11(2)5-4-7-16-11/h3-8H2,1-2H3,(H2,12,15). The van der Waals surface area contributed by atoms with Crippen molar-refractivity contribution in [2.75, 3.05) is 18.8 Å². The van der Waals surface area contributed by atoms with Gasteiger partial charge < -0.3 is 10.6 Å². The van der Waals surface area contributed by atoms with Crippen molar-refractivity contribution in [1.82, 2.24) is 4.90 Å². The van der Waals surface area contributed by atoms with Crippen LogP contribution in [-0.2, 0) is 4.79 Å². The lowest BCUT2D eigenvalue weighted by molar-refractivity contribution is -0.132. The third kappa shape index (κ3) is 3.35. The van der Waals surface area contributed by atoms with Crippen LogP contribution in [0.3, 0.4) is 0 Å².